The summed E-state index contributed by atoms with van der Waals surface area (Å²) in [4.78, 5) is 2.45. The maximum absolute atomic E-state index is 13.2. The SMILES string of the molecule is [CH2][C@@H](C)CN1CCC(c2noc3cc(F)ccc23)CC1. The number of fused-ring (bicyclic) bond motifs is 1. The molecule has 0 bridgehead atoms. The lowest BCUT2D eigenvalue weighted by Crippen LogP contribution is -2.35. The largest absolute Gasteiger partial charge is 0.356 e. The van der Waals surface area contributed by atoms with Gasteiger partial charge in [0.25, 0.3) is 0 Å². The van der Waals surface area contributed by atoms with Gasteiger partial charge in [0.15, 0.2) is 5.58 Å². The zero-order chi connectivity index (χ0) is 14.1. The molecule has 1 radical (unpaired) electrons. The van der Waals surface area contributed by atoms with Gasteiger partial charge in [0.2, 0.25) is 0 Å². The Bertz CT molecular complexity index is 585. The van der Waals surface area contributed by atoms with Gasteiger partial charge in [-0.05, 0) is 50.9 Å². The van der Waals surface area contributed by atoms with Crippen LogP contribution in [0.2, 0.25) is 0 Å². The second kappa shape index (κ2) is 5.52. The van der Waals surface area contributed by atoms with E-state index in [1.807, 2.05) is 0 Å². The number of likely N-dealkylation sites (tertiary alicyclic amines) is 1. The van der Waals surface area contributed by atoms with Crippen LogP contribution in [0.3, 0.4) is 0 Å². The van der Waals surface area contributed by atoms with Gasteiger partial charge in [0.1, 0.15) is 5.82 Å². The first kappa shape index (κ1) is 13.6. The molecule has 4 heteroatoms. The third kappa shape index (κ3) is 2.70. The molecule has 107 valence electrons. The van der Waals surface area contributed by atoms with E-state index in [1.165, 1.54) is 12.1 Å². The molecule has 1 atom stereocenters. The molecule has 0 amide bonds. The summed E-state index contributed by atoms with van der Waals surface area (Å²) in [6.07, 6.45) is 2.15. The molecule has 20 heavy (non-hydrogen) atoms. The molecule has 1 aromatic carbocycles. The fourth-order valence-electron chi connectivity index (χ4n) is 3.06. The van der Waals surface area contributed by atoms with Gasteiger partial charge in [-0.2, -0.15) is 0 Å². The van der Waals surface area contributed by atoms with Crippen LogP contribution in [0.4, 0.5) is 4.39 Å². The Morgan fingerprint density at radius 3 is 2.90 bits per heavy atom. The van der Waals surface area contributed by atoms with Crippen molar-refractivity contribution in [2.24, 2.45) is 5.92 Å². The summed E-state index contributed by atoms with van der Waals surface area (Å²) >= 11 is 0. The van der Waals surface area contributed by atoms with Crippen molar-refractivity contribution in [2.75, 3.05) is 19.6 Å². The molecule has 1 aliphatic heterocycles. The molecule has 1 aromatic heterocycles. The van der Waals surface area contributed by atoms with E-state index in [4.69, 9.17) is 4.52 Å². The number of nitrogens with zero attached hydrogens (tertiary/aromatic N) is 2. The minimum absolute atomic E-state index is 0.278. The number of rotatable bonds is 3. The second-order valence-corrected chi connectivity index (χ2v) is 5.89. The number of halogens is 1. The third-order valence-electron chi connectivity index (χ3n) is 4.01. The molecule has 0 unspecified atom stereocenters. The molecule has 0 saturated carbocycles. The van der Waals surface area contributed by atoms with Gasteiger partial charge in [-0.1, -0.05) is 12.1 Å². The number of hydrogen-bond donors (Lipinski definition) is 0. The van der Waals surface area contributed by atoms with E-state index < -0.39 is 0 Å². The lowest BCUT2D eigenvalue weighted by molar-refractivity contribution is 0.195. The maximum atomic E-state index is 13.2. The molecule has 3 nitrogen and oxygen atoms in total. The quantitative estimate of drug-likeness (QED) is 0.856. The first-order chi connectivity index (χ1) is 9.63. The third-order valence-corrected chi connectivity index (χ3v) is 4.01. The van der Waals surface area contributed by atoms with E-state index in [2.05, 4.69) is 23.9 Å². The molecule has 2 heterocycles. The summed E-state index contributed by atoms with van der Waals surface area (Å²) in [6.45, 7) is 9.38. The highest BCUT2D eigenvalue weighted by Crippen LogP contribution is 2.32. The zero-order valence-corrected chi connectivity index (χ0v) is 11.8. The van der Waals surface area contributed by atoms with Crippen molar-refractivity contribution in [3.8, 4) is 0 Å². The molecule has 1 fully saturated rings. The van der Waals surface area contributed by atoms with E-state index in [0.717, 1.165) is 43.6 Å². The number of aromatic nitrogens is 1. The van der Waals surface area contributed by atoms with Crippen LogP contribution < -0.4 is 0 Å². The van der Waals surface area contributed by atoms with Crippen LogP contribution in [-0.4, -0.2) is 29.7 Å². The normalized spacial score (nSPS) is 18.2. The minimum Gasteiger partial charge on any atom is -0.356 e. The van der Waals surface area contributed by atoms with Gasteiger partial charge in [0, 0.05) is 23.9 Å². The Morgan fingerprint density at radius 2 is 2.20 bits per heavy atom. The average Bonchev–Trinajstić information content (AvgIpc) is 2.82. The predicted octanol–water partition coefficient (Wildman–Crippen LogP) is 3.62. The summed E-state index contributed by atoms with van der Waals surface area (Å²) in [5, 5.41) is 5.13. The molecule has 1 aliphatic rings. The molecular formula is C16H20FN2O. The van der Waals surface area contributed by atoms with Crippen LogP contribution in [0.5, 0.6) is 0 Å². The van der Waals surface area contributed by atoms with E-state index in [-0.39, 0.29) is 5.82 Å². The van der Waals surface area contributed by atoms with Gasteiger partial charge >= 0.3 is 0 Å². The van der Waals surface area contributed by atoms with Gasteiger partial charge in [-0.25, -0.2) is 4.39 Å². The highest BCUT2D eigenvalue weighted by molar-refractivity contribution is 5.79. The van der Waals surface area contributed by atoms with Gasteiger partial charge in [0.05, 0.1) is 5.69 Å². The van der Waals surface area contributed by atoms with Crippen molar-refractivity contribution in [3.63, 3.8) is 0 Å². The Hall–Kier alpha value is -1.42. The Kier molecular flexibility index (Phi) is 3.74. The fraction of sp³-hybridized carbons (Fsp3) is 0.500. The van der Waals surface area contributed by atoms with E-state index in [9.17, 15) is 4.39 Å². The first-order valence-corrected chi connectivity index (χ1v) is 7.24. The summed E-state index contributed by atoms with van der Waals surface area (Å²) in [5.41, 5.74) is 1.54. The topological polar surface area (TPSA) is 29.3 Å². The van der Waals surface area contributed by atoms with Crippen molar-refractivity contribution in [1.82, 2.24) is 10.1 Å². The van der Waals surface area contributed by atoms with Crippen LogP contribution in [0.1, 0.15) is 31.4 Å². The lowest BCUT2D eigenvalue weighted by atomic mass is 9.91. The molecule has 0 aliphatic carbocycles. The molecule has 1 saturated heterocycles. The van der Waals surface area contributed by atoms with Crippen molar-refractivity contribution in [1.29, 1.82) is 0 Å². The summed E-state index contributed by atoms with van der Waals surface area (Å²) < 4.78 is 18.4. The standard InChI is InChI=1S/C16H20FN2O/c1-11(2)10-19-7-5-12(6-8-19)16-14-4-3-13(17)9-15(14)20-18-16/h3-4,9,11-12H,1,5-8,10H2,2H3/t11-/m0/s1. The van der Waals surface area contributed by atoms with Crippen molar-refractivity contribution >= 4 is 11.0 Å². The summed E-state index contributed by atoms with van der Waals surface area (Å²) in [7, 11) is 0. The van der Waals surface area contributed by atoms with Gasteiger partial charge in [-0.3, -0.25) is 0 Å². The molecule has 0 N–H and O–H groups in total. The molecular weight excluding hydrogens is 255 g/mol. The lowest BCUT2D eigenvalue weighted by Gasteiger charge is -2.32. The number of benzene rings is 1. The van der Waals surface area contributed by atoms with Gasteiger partial charge < -0.3 is 9.42 Å². The molecule has 3 rings (SSSR count). The number of piperidine rings is 1. The minimum atomic E-state index is -0.278. The predicted molar refractivity (Wildman–Crippen MR) is 76.9 cm³/mol. The van der Waals surface area contributed by atoms with Gasteiger partial charge in [-0.15, -0.1) is 0 Å². The highest BCUT2D eigenvalue weighted by atomic mass is 19.1. The average molecular weight is 275 g/mol. The van der Waals surface area contributed by atoms with Crippen molar-refractivity contribution in [3.05, 3.63) is 36.6 Å². The smallest absolute Gasteiger partial charge is 0.170 e. The molecule has 0 spiro atoms. The fourth-order valence-corrected chi connectivity index (χ4v) is 3.06. The zero-order valence-electron chi connectivity index (χ0n) is 11.8. The van der Waals surface area contributed by atoms with E-state index in [1.54, 1.807) is 6.07 Å². The van der Waals surface area contributed by atoms with Crippen LogP contribution in [0, 0.1) is 18.7 Å². The Labute approximate surface area is 118 Å². The summed E-state index contributed by atoms with van der Waals surface area (Å²) in [6, 6.07) is 4.66. The monoisotopic (exact) mass is 275 g/mol. The van der Waals surface area contributed by atoms with Crippen LogP contribution in [0.15, 0.2) is 22.7 Å². The molecule has 2 aromatic rings. The van der Waals surface area contributed by atoms with Crippen molar-refractivity contribution < 1.29 is 8.91 Å². The van der Waals surface area contributed by atoms with E-state index >= 15 is 0 Å². The summed E-state index contributed by atoms with van der Waals surface area (Å²) in [5.74, 6) is 0.597. The van der Waals surface area contributed by atoms with Crippen LogP contribution >= 0.6 is 0 Å². The van der Waals surface area contributed by atoms with E-state index in [0.29, 0.717) is 17.4 Å². The first-order valence-electron chi connectivity index (χ1n) is 7.24. The van der Waals surface area contributed by atoms with Crippen LogP contribution in [0.25, 0.3) is 11.0 Å². The highest BCUT2D eigenvalue weighted by Gasteiger charge is 2.25. The Balaban J connectivity index is 1.73. The second-order valence-electron chi connectivity index (χ2n) is 5.89. The Morgan fingerprint density at radius 1 is 1.45 bits per heavy atom. The van der Waals surface area contributed by atoms with Crippen LogP contribution in [-0.2, 0) is 0 Å². The maximum Gasteiger partial charge on any atom is 0.170 e. The van der Waals surface area contributed by atoms with Crippen molar-refractivity contribution in [2.45, 2.75) is 25.7 Å². The number of hydrogen-bond acceptors (Lipinski definition) is 3.